The van der Waals surface area contributed by atoms with Gasteiger partial charge in [0.2, 0.25) is 5.91 Å². The van der Waals surface area contributed by atoms with Crippen LogP contribution in [0.3, 0.4) is 0 Å². The summed E-state index contributed by atoms with van der Waals surface area (Å²) < 4.78 is 0. The molecule has 26 heavy (non-hydrogen) atoms. The van der Waals surface area contributed by atoms with Crippen LogP contribution >= 0.6 is 0 Å². The van der Waals surface area contributed by atoms with Gasteiger partial charge in [0.05, 0.1) is 18.1 Å². The summed E-state index contributed by atoms with van der Waals surface area (Å²) in [6.07, 6.45) is 3.07. The van der Waals surface area contributed by atoms with E-state index in [1.54, 1.807) is 0 Å². The molecule has 3 aliphatic rings. The maximum atomic E-state index is 12.4. The van der Waals surface area contributed by atoms with Crippen LogP contribution in [0.5, 0.6) is 0 Å². The average molecular weight is 354 g/mol. The number of fused-ring (bicyclic) bond motifs is 6. The van der Waals surface area contributed by atoms with E-state index in [0.29, 0.717) is 18.4 Å². The number of hydrogen-bond acceptors (Lipinski definition) is 4. The van der Waals surface area contributed by atoms with Crippen molar-refractivity contribution in [1.29, 1.82) is 0 Å². The van der Waals surface area contributed by atoms with Crippen LogP contribution in [0.1, 0.15) is 36.6 Å². The lowest BCUT2D eigenvalue weighted by Gasteiger charge is -2.51. The van der Waals surface area contributed by atoms with Gasteiger partial charge in [0, 0.05) is 29.7 Å². The van der Waals surface area contributed by atoms with E-state index in [1.165, 1.54) is 22.2 Å². The first kappa shape index (κ1) is 16.3. The summed E-state index contributed by atoms with van der Waals surface area (Å²) in [5.41, 5.74) is 6.22. The predicted octanol–water partition coefficient (Wildman–Crippen LogP) is 1.46. The number of hydrazine groups is 1. The maximum absolute atomic E-state index is 12.4. The molecule has 0 unspecified atom stereocenters. The molecule has 2 fully saturated rings. The van der Waals surface area contributed by atoms with Crippen molar-refractivity contribution in [3.63, 3.8) is 0 Å². The van der Waals surface area contributed by atoms with E-state index in [0.717, 1.165) is 32.4 Å². The smallest absolute Gasteiger partial charge is 0.239 e. The van der Waals surface area contributed by atoms with Gasteiger partial charge in [-0.2, -0.15) is 0 Å². The molecule has 1 saturated carbocycles. The fourth-order valence-corrected chi connectivity index (χ4v) is 5.80. The van der Waals surface area contributed by atoms with Crippen LogP contribution in [0.25, 0.3) is 10.9 Å². The van der Waals surface area contributed by atoms with Crippen molar-refractivity contribution in [2.45, 2.75) is 37.8 Å². The Labute approximate surface area is 152 Å². The number of aliphatic hydroxyl groups is 1. The summed E-state index contributed by atoms with van der Waals surface area (Å²) in [5, 5.41) is 11.8. The molecule has 0 bridgehead atoms. The Hall–Kier alpha value is -1.89. The molecule has 1 amide bonds. The monoisotopic (exact) mass is 354 g/mol. The molecule has 2 aliphatic heterocycles. The summed E-state index contributed by atoms with van der Waals surface area (Å²) in [7, 11) is 0. The zero-order valence-corrected chi connectivity index (χ0v) is 14.8. The molecule has 1 aromatic heterocycles. The molecular formula is C20H26N4O2. The quantitative estimate of drug-likeness (QED) is 0.354. The Bertz CT molecular complexity index is 847. The van der Waals surface area contributed by atoms with Gasteiger partial charge in [0.25, 0.3) is 0 Å². The number of nitrogens with two attached hydrogens (primary N) is 1. The average Bonchev–Trinajstić information content (AvgIpc) is 3.05. The lowest BCUT2D eigenvalue weighted by atomic mass is 9.64. The van der Waals surface area contributed by atoms with Gasteiger partial charge in [0.1, 0.15) is 0 Å². The molecule has 5 rings (SSSR count). The van der Waals surface area contributed by atoms with Crippen LogP contribution in [-0.4, -0.2) is 40.1 Å². The highest BCUT2D eigenvalue weighted by atomic mass is 16.3. The molecule has 6 heteroatoms. The van der Waals surface area contributed by atoms with E-state index in [1.807, 2.05) is 0 Å². The molecule has 0 spiro atoms. The Kier molecular flexibility index (Phi) is 3.81. The normalized spacial score (nSPS) is 34.0. The van der Waals surface area contributed by atoms with Crippen LogP contribution in [0.2, 0.25) is 0 Å². The second-order valence-corrected chi connectivity index (χ2v) is 8.16. The van der Waals surface area contributed by atoms with E-state index in [9.17, 15) is 9.90 Å². The second kappa shape index (κ2) is 6.08. The number of nitrogens with one attached hydrogen (secondary N) is 2. The largest absolute Gasteiger partial charge is 0.392 e. The summed E-state index contributed by atoms with van der Waals surface area (Å²) in [5.74, 6) is 5.45. The first-order valence-corrected chi connectivity index (χ1v) is 9.69. The number of carbonyl (C=O) groups excluding carboxylic acids is 1. The molecule has 1 aromatic carbocycles. The number of para-hydroxylation sites is 1. The molecular weight excluding hydrogens is 328 g/mol. The topological polar surface area (TPSA) is 94.4 Å². The highest BCUT2D eigenvalue weighted by Gasteiger charge is 2.48. The number of rotatable bonds is 1. The number of aromatic amines is 1. The maximum Gasteiger partial charge on any atom is 0.239 e. The Morgan fingerprint density at radius 3 is 3.00 bits per heavy atom. The second-order valence-electron chi connectivity index (χ2n) is 8.16. The van der Waals surface area contributed by atoms with E-state index in [4.69, 9.17) is 5.84 Å². The number of nitrogens with zero attached hydrogens (tertiary/aromatic N) is 1. The molecule has 5 atom stereocenters. The minimum atomic E-state index is -0.586. The third-order valence-electron chi connectivity index (χ3n) is 6.99. The van der Waals surface area contributed by atoms with Gasteiger partial charge in [-0.1, -0.05) is 18.2 Å². The van der Waals surface area contributed by atoms with Crippen molar-refractivity contribution in [2.75, 3.05) is 13.1 Å². The first-order valence-electron chi connectivity index (χ1n) is 9.69. The Morgan fingerprint density at radius 1 is 1.31 bits per heavy atom. The van der Waals surface area contributed by atoms with Gasteiger partial charge in [-0.05, 0) is 49.1 Å². The molecule has 1 aliphatic carbocycles. The number of amides is 1. The summed E-state index contributed by atoms with van der Waals surface area (Å²) >= 11 is 0. The van der Waals surface area contributed by atoms with E-state index in [-0.39, 0.29) is 11.8 Å². The summed E-state index contributed by atoms with van der Waals surface area (Å²) in [6.45, 7) is 2.07. The fraction of sp³-hybridized carbons (Fsp3) is 0.550. The predicted molar refractivity (Wildman–Crippen MR) is 99.0 cm³/mol. The number of aromatic nitrogens is 1. The zero-order chi connectivity index (χ0) is 17.8. The highest BCUT2D eigenvalue weighted by Crippen LogP contribution is 2.49. The third-order valence-corrected chi connectivity index (χ3v) is 6.99. The SMILES string of the molecule is NNC(=O)[C@@H]1[C@@H]2C[C@@H]3c4[nH]c5ccccc5c4CCN3C[C@@H]2CC[C@@H]1O. The van der Waals surface area contributed by atoms with Crippen molar-refractivity contribution in [3.8, 4) is 0 Å². The van der Waals surface area contributed by atoms with Gasteiger partial charge >= 0.3 is 0 Å². The molecule has 6 nitrogen and oxygen atoms in total. The molecule has 3 heterocycles. The minimum absolute atomic E-state index is 0.181. The lowest BCUT2D eigenvalue weighted by molar-refractivity contribution is -0.139. The number of piperidine rings is 1. The van der Waals surface area contributed by atoms with Crippen molar-refractivity contribution in [1.82, 2.24) is 15.3 Å². The lowest BCUT2D eigenvalue weighted by Crippen LogP contribution is -2.55. The summed E-state index contributed by atoms with van der Waals surface area (Å²) in [4.78, 5) is 18.6. The van der Waals surface area contributed by atoms with E-state index in [2.05, 4.69) is 39.6 Å². The van der Waals surface area contributed by atoms with Crippen molar-refractivity contribution < 1.29 is 9.90 Å². The van der Waals surface area contributed by atoms with Gasteiger partial charge < -0.3 is 10.1 Å². The van der Waals surface area contributed by atoms with Crippen LogP contribution in [0.15, 0.2) is 24.3 Å². The molecule has 1 saturated heterocycles. The summed E-state index contributed by atoms with van der Waals surface area (Å²) in [6, 6.07) is 8.79. The number of aliphatic hydroxyl groups excluding tert-OH is 1. The molecule has 2 aromatic rings. The molecule has 5 N–H and O–H groups in total. The van der Waals surface area contributed by atoms with Gasteiger partial charge in [-0.15, -0.1) is 0 Å². The van der Waals surface area contributed by atoms with Crippen molar-refractivity contribution in [2.24, 2.45) is 23.6 Å². The van der Waals surface area contributed by atoms with Crippen LogP contribution in [-0.2, 0) is 11.2 Å². The van der Waals surface area contributed by atoms with E-state index < -0.39 is 12.0 Å². The van der Waals surface area contributed by atoms with Crippen molar-refractivity contribution >= 4 is 16.8 Å². The Balaban J connectivity index is 1.52. The number of carbonyl (C=O) groups is 1. The number of hydrogen-bond donors (Lipinski definition) is 4. The third kappa shape index (κ3) is 2.32. The minimum Gasteiger partial charge on any atom is -0.392 e. The highest BCUT2D eigenvalue weighted by molar-refractivity contribution is 5.85. The fourth-order valence-electron chi connectivity index (χ4n) is 5.80. The van der Waals surface area contributed by atoms with Gasteiger partial charge in [0.15, 0.2) is 0 Å². The van der Waals surface area contributed by atoms with Crippen LogP contribution in [0.4, 0.5) is 0 Å². The Morgan fingerprint density at radius 2 is 2.15 bits per heavy atom. The van der Waals surface area contributed by atoms with Gasteiger partial charge in [-0.3, -0.25) is 15.1 Å². The van der Waals surface area contributed by atoms with Crippen LogP contribution in [0, 0.1) is 17.8 Å². The number of H-pyrrole nitrogens is 1. The first-order chi connectivity index (χ1) is 12.7. The molecule has 138 valence electrons. The van der Waals surface area contributed by atoms with Crippen molar-refractivity contribution in [3.05, 3.63) is 35.5 Å². The standard InChI is InChI=1S/C20H26N4O2/c21-23-20(26)18-14-9-16-19-13(12-3-1-2-4-15(12)22-19)7-8-24(16)10-11(14)5-6-17(18)25/h1-4,11,14,16-18,22,25H,5-10,21H2,(H,23,26)/t11-,14+,16+,17-,18+/m0/s1. The van der Waals surface area contributed by atoms with Gasteiger partial charge in [-0.25, -0.2) is 5.84 Å². The van der Waals surface area contributed by atoms with E-state index >= 15 is 0 Å². The zero-order valence-electron chi connectivity index (χ0n) is 14.8. The molecule has 0 radical (unpaired) electrons. The number of benzene rings is 1. The van der Waals surface area contributed by atoms with Crippen LogP contribution < -0.4 is 11.3 Å².